The lowest BCUT2D eigenvalue weighted by Crippen LogP contribution is -2.29. The molecule has 0 bridgehead atoms. The van der Waals surface area contributed by atoms with Gasteiger partial charge in [-0.25, -0.2) is 0 Å². The second kappa shape index (κ2) is 3.28. The molecule has 0 spiro atoms. The highest BCUT2D eigenvalue weighted by molar-refractivity contribution is 6.18. The van der Waals surface area contributed by atoms with Gasteiger partial charge < -0.3 is 9.47 Å². The summed E-state index contributed by atoms with van der Waals surface area (Å²) in [6.07, 6.45) is 0.130. The van der Waals surface area contributed by atoms with Crippen LogP contribution in [-0.2, 0) is 9.47 Å². The molecule has 1 saturated heterocycles. The summed E-state index contributed by atoms with van der Waals surface area (Å²) in [5, 5.41) is 0. The van der Waals surface area contributed by atoms with Gasteiger partial charge >= 0.3 is 0 Å². The van der Waals surface area contributed by atoms with Gasteiger partial charge in [-0.05, 0) is 0 Å². The fourth-order valence-electron chi connectivity index (χ4n) is 0.626. The van der Waals surface area contributed by atoms with Crippen LogP contribution < -0.4 is 0 Å². The van der Waals surface area contributed by atoms with E-state index in [4.69, 9.17) is 21.1 Å². The van der Waals surface area contributed by atoms with Gasteiger partial charge in [0, 0.05) is 0 Å². The number of alkyl halides is 1. The molecule has 0 amide bonds. The van der Waals surface area contributed by atoms with E-state index >= 15 is 0 Å². The van der Waals surface area contributed by atoms with Gasteiger partial charge in [-0.3, -0.25) is 0 Å². The van der Waals surface area contributed by atoms with Gasteiger partial charge in [0.2, 0.25) is 0 Å². The first-order valence-electron chi connectivity index (χ1n) is 2.69. The van der Waals surface area contributed by atoms with Crippen molar-refractivity contribution in [3.8, 4) is 0 Å². The Morgan fingerprint density at radius 3 is 2.75 bits per heavy atom. The van der Waals surface area contributed by atoms with Crippen molar-refractivity contribution >= 4 is 11.6 Å². The number of hydrogen-bond donors (Lipinski definition) is 0. The van der Waals surface area contributed by atoms with E-state index in [1.807, 2.05) is 0 Å². The monoisotopic (exact) mass is 136 g/mol. The van der Waals surface area contributed by atoms with Crippen molar-refractivity contribution in [2.24, 2.45) is 0 Å². The summed E-state index contributed by atoms with van der Waals surface area (Å²) in [6.45, 7) is 2.06. The van der Waals surface area contributed by atoms with Crippen LogP contribution in [0.1, 0.15) is 0 Å². The zero-order chi connectivity index (χ0) is 5.82. The SMILES string of the molecule is ClC[C@H]1COCCO1. The van der Waals surface area contributed by atoms with Crippen molar-refractivity contribution in [3.05, 3.63) is 0 Å². The first kappa shape index (κ1) is 6.33. The van der Waals surface area contributed by atoms with Crippen molar-refractivity contribution in [2.75, 3.05) is 25.7 Å². The van der Waals surface area contributed by atoms with Gasteiger partial charge in [0.15, 0.2) is 0 Å². The predicted octanol–water partition coefficient (Wildman–Crippen LogP) is 0.641. The maximum absolute atomic E-state index is 5.48. The number of rotatable bonds is 1. The van der Waals surface area contributed by atoms with E-state index in [1.165, 1.54) is 0 Å². The molecule has 1 atom stereocenters. The Kier molecular flexibility index (Phi) is 2.59. The summed E-state index contributed by atoms with van der Waals surface area (Å²) in [4.78, 5) is 0. The molecule has 0 aromatic heterocycles. The molecule has 8 heavy (non-hydrogen) atoms. The lowest BCUT2D eigenvalue weighted by atomic mass is 10.4. The van der Waals surface area contributed by atoms with E-state index in [0.29, 0.717) is 25.7 Å². The average Bonchev–Trinajstić information content (AvgIpc) is 1.90. The Bertz CT molecular complexity index is 61.4. The second-order valence-corrected chi connectivity index (χ2v) is 2.03. The zero-order valence-electron chi connectivity index (χ0n) is 4.60. The highest BCUT2D eigenvalue weighted by atomic mass is 35.5. The molecule has 0 unspecified atom stereocenters. The molecule has 0 aromatic carbocycles. The van der Waals surface area contributed by atoms with Crippen LogP contribution in [0.3, 0.4) is 0 Å². The lowest BCUT2D eigenvalue weighted by molar-refractivity contribution is -0.0782. The van der Waals surface area contributed by atoms with Crippen molar-refractivity contribution in [1.82, 2.24) is 0 Å². The van der Waals surface area contributed by atoms with Gasteiger partial charge in [-0.15, -0.1) is 11.6 Å². The fourth-order valence-corrected chi connectivity index (χ4v) is 0.804. The van der Waals surface area contributed by atoms with Crippen LogP contribution in [0, 0.1) is 0 Å². The van der Waals surface area contributed by atoms with E-state index in [0.717, 1.165) is 0 Å². The third kappa shape index (κ3) is 1.62. The molecule has 1 aliphatic rings. The van der Waals surface area contributed by atoms with Gasteiger partial charge in [0.25, 0.3) is 0 Å². The maximum atomic E-state index is 5.48. The minimum absolute atomic E-state index is 0.130. The molecule has 0 aliphatic carbocycles. The predicted molar refractivity (Wildman–Crippen MR) is 31.3 cm³/mol. The van der Waals surface area contributed by atoms with E-state index in [9.17, 15) is 0 Å². The van der Waals surface area contributed by atoms with E-state index in [2.05, 4.69) is 0 Å². The number of hydrogen-bond acceptors (Lipinski definition) is 2. The van der Waals surface area contributed by atoms with Crippen molar-refractivity contribution in [1.29, 1.82) is 0 Å². The van der Waals surface area contributed by atoms with Gasteiger partial charge in [0.05, 0.1) is 31.8 Å². The molecular formula is C5H9ClO2. The van der Waals surface area contributed by atoms with Crippen molar-refractivity contribution < 1.29 is 9.47 Å². The molecule has 2 nitrogen and oxygen atoms in total. The van der Waals surface area contributed by atoms with E-state index in [-0.39, 0.29) is 6.10 Å². The Morgan fingerprint density at radius 1 is 1.50 bits per heavy atom. The Morgan fingerprint density at radius 2 is 2.38 bits per heavy atom. The van der Waals surface area contributed by atoms with Gasteiger partial charge in [-0.1, -0.05) is 0 Å². The Balaban J connectivity index is 2.13. The topological polar surface area (TPSA) is 18.5 Å². The van der Waals surface area contributed by atoms with Crippen LogP contribution in [0.2, 0.25) is 0 Å². The molecule has 1 heterocycles. The average molecular weight is 137 g/mol. The molecule has 0 N–H and O–H groups in total. The van der Waals surface area contributed by atoms with Crippen LogP contribution in [-0.4, -0.2) is 31.8 Å². The lowest BCUT2D eigenvalue weighted by Gasteiger charge is -2.20. The molecule has 1 fully saturated rings. The number of halogens is 1. The summed E-state index contributed by atoms with van der Waals surface area (Å²) in [7, 11) is 0. The minimum atomic E-state index is 0.130. The second-order valence-electron chi connectivity index (χ2n) is 1.72. The maximum Gasteiger partial charge on any atom is 0.0944 e. The zero-order valence-corrected chi connectivity index (χ0v) is 5.36. The molecule has 0 aromatic rings. The normalized spacial score (nSPS) is 30.4. The van der Waals surface area contributed by atoms with Crippen LogP contribution >= 0.6 is 11.6 Å². The summed E-state index contributed by atoms with van der Waals surface area (Å²) in [6, 6.07) is 0. The van der Waals surface area contributed by atoms with Crippen molar-refractivity contribution in [3.63, 3.8) is 0 Å². The van der Waals surface area contributed by atoms with Crippen LogP contribution in [0.4, 0.5) is 0 Å². The molecule has 1 rings (SSSR count). The van der Waals surface area contributed by atoms with Crippen LogP contribution in [0.25, 0.3) is 0 Å². The highest BCUT2D eigenvalue weighted by Gasteiger charge is 2.11. The summed E-state index contributed by atoms with van der Waals surface area (Å²) < 4.78 is 10.2. The van der Waals surface area contributed by atoms with Gasteiger partial charge in [-0.2, -0.15) is 0 Å². The molecule has 1 aliphatic heterocycles. The molecular weight excluding hydrogens is 128 g/mol. The molecule has 0 radical (unpaired) electrons. The molecule has 0 saturated carbocycles. The number of ether oxygens (including phenoxy) is 2. The highest BCUT2D eigenvalue weighted by Crippen LogP contribution is 2.01. The molecule has 3 heteroatoms. The third-order valence-corrected chi connectivity index (χ3v) is 1.40. The Labute approximate surface area is 53.7 Å². The van der Waals surface area contributed by atoms with Gasteiger partial charge in [0.1, 0.15) is 0 Å². The van der Waals surface area contributed by atoms with Crippen LogP contribution in [0.5, 0.6) is 0 Å². The summed E-state index contributed by atoms with van der Waals surface area (Å²) in [5.74, 6) is 0.542. The largest absolute Gasteiger partial charge is 0.376 e. The smallest absolute Gasteiger partial charge is 0.0944 e. The van der Waals surface area contributed by atoms with E-state index < -0.39 is 0 Å². The Hall–Kier alpha value is 0.210. The minimum Gasteiger partial charge on any atom is -0.376 e. The van der Waals surface area contributed by atoms with E-state index in [1.54, 1.807) is 0 Å². The fraction of sp³-hybridized carbons (Fsp3) is 1.00. The molecule has 48 valence electrons. The third-order valence-electron chi connectivity index (χ3n) is 1.06. The van der Waals surface area contributed by atoms with Crippen molar-refractivity contribution in [2.45, 2.75) is 6.10 Å². The first-order chi connectivity index (χ1) is 3.93. The summed E-state index contributed by atoms with van der Waals surface area (Å²) in [5.41, 5.74) is 0. The first-order valence-corrected chi connectivity index (χ1v) is 3.22. The van der Waals surface area contributed by atoms with Crippen LogP contribution in [0.15, 0.2) is 0 Å². The summed E-state index contributed by atoms with van der Waals surface area (Å²) >= 11 is 5.48. The quantitative estimate of drug-likeness (QED) is 0.493. The standard InChI is InChI=1S/C5H9ClO2/c6-3-5-4-7-1-2-8-5/h5H,1-4H2/t5-/m0/s1.